The standard InChI is InChI=1S/C21H32N2O2/c1-22-12-11-19(14-20(24)16-22)23(15-18-9-3-2-4-10-18)21(25)13-17-7-5-6-8-17/h2-4,9-10,17,19-20,24H,5-8,11-16H2,1H3/t19-,20-/m0/s1. The summed E-state index contributed by atoms with van der Waals surface area (Å²) in [6.07, 6.45) is 6.88. The van der Waals surface area contributed by atoms with Crippen molar-refractivity contribution in [1.82, 2.24) is 9.80 Å². The first-order valence-electron chi connectivity index (χ1n) is 9.82. The summed E-state index contributed by atoms with van der Waals surface area (Å²) in [6.45, 7) is 2.30. The molecule has 1 amide bonds. The minimum Gasteiger partial charge on any atom is -0.392 e. The van der Waals surface area contributed by atoms with Crippen LogP contribution in [0.25, 0.3) is 0 Å². The predicted octanol–water partition coefficient (Wildman–Crippen LogP) is 3.05. The molecule has 0 unspecified atom stereocenters. The van der Waals surface area contributed by atoms with E-state index < -0.39 is 0 Å². The molecule has 4 nitrogen and oxygen atoms in total. The molecule has 25 heavy (non-hydrogen) atoms. The maximum atomic E-state index is 13.1. The number of aliphatic hydroxyl groups excluding tert-OH is 1. The molecule has 4 heteroatoms. The number of β-amino-alcohol motifs (C(OH)–C–C–N with tert-alkyl or cyclic N) is 1. The van der Waals surface area contributed by atoms with E-state index >= 15 is 0 Å². The zero-order chi connectivity index (χ0) is 17.6. The maximum absolute atomic E-state index is 13.1. The van der Waals surface area contributed by atoms with Gasteiger partial charge in [-0.25, -0.2) is 0 Å². The third-order valence-electron chi connectivity index (χ3n) is 5.81. The largest absolute Gasteiger partial charge is 0.392 e. The topological polar surface area (TPSA) is 43.8 Å². The second kappa shape index (κ2) is 8.81. The van der Waals surface area contributed by atoms with Crippen LogP contribution in [0.4, 0.5) is 0 Å². The molecule has 1 aromatic rings. The third kappa shape index (κ3) is 5.29. The first-order valence-corrected chi connectivity index (χ1v) is 9.82. The van der Waals surface area contributed by atoms with E-state index in [0.29, 0.717) is 31.8 Å². The molecule has 1 aliphatic heterocycles. The van der Waals surface area contributed by atoms with E-state index in [1.54, 1.807) is 0 Å². The van der Waals surface area contributed by atoms with Gasteiger partial charge in [0.2, 0.25) is 5.91 Å². The quantitative estimate of drug-likeness (QED) is 0.893. The number of likely N-dealkylation sites (tertiary alicyclic amines) is 1. The van der Waals surface area contributed by atoms with Gasteiger partial charge in [0, 0.05) is 25.6 Å². The first-order chi connectivity index (χ1) is 12.1. The van der Waals surface area contributed by atoms with Gasteiger partial charge in [-0.2, -0.15) is 0 Å². The van der Waals surface area contributed by atoms with E-state index in [2.05, 4.69) is 21.9 Å². The molecule has 0 aromatic heterocycles. The van der Waals surface area contributed by atoms with Gasteiger partial charge < -0.3 is 14.9 Å². The SMILES string of the molecule is CN1CC[C@H](N(Cc2ccccc2)C(=O)CC2CCCC2)C[C@H](O)C1. The van der Waals surface area contributed by atoms with Crippen LogP contribution in [0.5, 0.6) is 0 Å². The van der Waals surface area contributed by atoms with E-state index in [1.165, 1.54) is 31.2 Å². The second-order valence-electron chi connectivity index (χ2n) is 7.96. The Morgan fingerprint density at radius 1 is 1.20 bits per heavy atom. The summed E-state index contributed by atoms with van der Waals surface area (Å²) in [5.41, 5.74) is 1.18. The Bertz CT molecular complexity index is 542. The van der Waals surface area contributed by atoms with Gasteiger partial charge in [-0.15, -0.1) is 0 Å². The molecule has 3 rings (SSSR count). The van der Waals surface area contributed by atoms with Crippen LogP contribution in [-0.2, 0) is 11.3 Å². The van der Waals surface area contributed by atoms with Crippen LogP contribution in [0, 0.1) is 5.92 Å². The molecular formula is C21H32N2O2. The zero-order valence-electron chi connectivity index (χ0n) is 15.4. The molecule has 0 spiro atoms. The lowest BCUT2D eigenvalue weighted by molar-refractivity contribution is -0.135. The van der Waals surface area contributed by atoms with E-state index in [9.17, 15) is 9.90 Å². The fraction of sp³-hybridized carbons (Fsp3) is 0.667. The van der Waals surface area contributed by atoms with Gasteiger partial charge in [-0.1, -0.05) is 43.2 Å². The molecule has 2 atom stereocenters. The Morgan fingerprint density at radius 2 is 1.92 bits per heavy atom. The molecular weight excluding hydrogens is 312 g/mol. The van der Waals surface area contributed by atoms with Crippen molar-refractivity contribution in [3.63, 3.8) is 0 Å². The highest BCUT2D eigenvalue weighted by Crippen LogP contribution is 2.29. The average molecular weight is 344 g/mol. The van der Waals surface area contributed by atoms with Crippen LogP contribution >= 0.6 is 0 Å². The molecule has 1 heterocycles. The molecule has 0 radical (unpaired) electrons. The Hall–Kier alpha value is -1.39. The van der Waals surface area contributed by atoms with Crippen molar-refractivity contribution in [2.75, 3.05) is 20.1 Å². The van der Waals surface area contributed by atoms with Crippen molar-refractivity contribution in [3.05, 3.63) is 35.9 Å². The number of carbonyl (C=O) groups excluding carboxylic acids is 1. The summed E-state index contributed by atoms with van der Waals surface area (Å²) in [5, 5.41) is 10.3. The fourth-order valence-corrected chi connectivity index (χ4v) is 4.39. The van der Waals surface area contributed by atoms with Crippen LogP contribution in [0.1, 0.15) is 50.5 Å². The van der Waals surface area contributed by atoms with E-state index in [1.807, 2.05) is 25.2 Å². The molecule has 2 aliphatic rings. The minimum atomic E-state index is -0.352. The van der Waals surface area contributed by atoms with Crippen molar-refractivity contribution in [1.29, 1.82) is 0 Å². The van der Waals surface area contributed by atoms with Crippen LogP contribution < -0.4 is 0 Å². The normalized spacial score (nSPS) is 25.7. The predicted molar refractivity (Wildman–Crippen MR) is 100 cm³/mol. The van der Waals surface area contributed by atoms with Crippen LogP contribution in [0.2, 0.25) is 0 Å². The second-order valence-corrected chi connectivity index (χ2v) is 7.96. The van der Waals surface area contributed by atoms with Gasteiger partial charge in [0.25, 0.3) is 0 Å². The van der Waals surface area contributed by atoms with Crippen molar-refractivity contribution in [3.8, 4) is 0 Å². The molecule has 2 fully saturated rings. The lowest BCUT2D eigenvalue weighted by Gasteiger charge is -2.33. The molecule has 0 bridgehead atoms. The summed E-state index contributed by atoms with van der Waals surface area (Å²) in [5.74, 6) is 0.835. The highest BCUT2D eigenvalue weighted by Gasteiger charge is 2.30. The summed E-state index contributed by atoms with van der Waals surface area (Å²) >= 11 is 0. The van der Waals surface area contributed by atoms with Gasteiger partial charge in [0.15, 0.2) is 0 Å². The molecule has 1 aliphatic carbocycles. The van der Waals surface area contributed by atoms with Crippen molar-refractivity contribution in [2.24, 2.45) is 5.92 Å². The molecule has 1 N–H and O–H groups in total. The number of benzene rings is 1. The lowest BCUT2D eigenvalue weighted by Crippen LogP contribution is -2.42. The minimum absolute atomic E-state index is 0.133. The van der Waals surface area contributed by atoms with Crippen molar-refractivity contribution >= 4 is 5.91 Å². The number of likely N-dealkylation sites (N-methyl/N-ethyl adjacent to an activating group) is 1. The third-order valence-corrected chi connectivity index (χ3v) is 5.81. The Kier molecular flexibility index (Phi) is 6.49. The van der Waals surface area contributed by atoms with Crippen molar-refractivity contribution in [2.45, 2.75) is 63.6 Å². The maximum Gasteiger partial charge on any atom is 0.223 e. The first kappa shape index (κ1) is 18.4. The number of aliphatic hydroxyl groups is 1. The number of hydrogen-bond donors (Lipinski definition) is 1. The molecule has 138 valence electrons. The van der Waals surface area contributed by atoms with Crippen molar-refractivity contribution < 1.29 is 9.90 Å². The summed E-state index contributed by atoms with van der Waals surface area (Å²) in [6, 6.07) is 10.4. The zero-order valence-corrected chi connectivity index (χ0v) is 15.4. The number of hydrogen-bond acceptors (Lipinski definition) is 3. The molecule has 1 aromatic carbocycles. The Labute approximate surface area is 151 Å². The van der Waals surface area contributed by atoms with Gasteiger partial charge in [0.1, 0.15) is 0 Å². The van der Waals surface area contributed by atoms with Gasteiger partial charge in [-0.05, 0) is 50.8 Å². The molecule has 1 saturated heterocycles. The van der Waals surface area contributed by atoms with Gasteiger partial charge >= 0.3 is 0 Å². The van der Waals surface area contributed by atoms with E-state index in [4.69, 9.17) is 0 Å². The number of carbonyl (C=O) groups is 1. The monoisotopic (exact) mass is 344 g/mol. The molecule has 1 saturated carbocycles. The lowest BCUT2D eigenvalue weighted by atomic mass is 9.99. The summed E-state index contributed by atoms with van der Waals surface area (Å²) < 4.78 is 0. The van der Waals surface area contributed by atoms with Crippen LogP contribution in [-0.4, -0.2) is 53.1 Å². The van der Waals surface area contributed by atoms with Crippen LogP contribution in [0.3, 0.4) is 0 Å². The highest BCUT2D eigenvalue weighted by molar-refractivity contribution is 5.77. The smallest absolute Gasteiger partial charge is 0.223 e. The Balaban J connectivity index is 1.73. The Morgan fingerprint density at radius 3 is 2.64 bits per heavy atom. The number of amides is 1. The summed E-state index contributed by atoms with van der Waals surface area (Å²) in [4.78, 5) is 17.4. The number of nitrogens with zero attached hydrogens (tertiary/aromatic N) is 2. The average Bonchev–Trinajstić information content (AvgIpc) is 3.04. The van der Waals surface area contributed by atoms with Gasteiger partial charge in [0.05, 0.1) is 6.10 Å². The highest BCUT2D eigenvalue weighted by atomic mass is 16.3. The van der Waals surface area contributed by atoms with E-state index in [0.717, 1.165) is 13.0 Å². The van der Waals surface area contributed by atoms with Crippen LogP contribution in [0.15, 0.2) is 30.3 Å². The fourth-order valence-electron chi connectivity index (χ4n) is 4.39. The number of rotatable bonds is 5. The van der Waals surface area contributed by atoms with Gasteiger partial charge in [-0.3, -0.25) is 4.79 Å². The van der Waals surface area contributed by atoms with E-state index in [-0.39, 0.29) is 18.1 Å². The summed E-state index contributed by atoms with van der Waals surface area (Å²) in [7, 11) is 2.05.